The van der Waals surface area contributed by atoms with Gasteiger partial charge in [0.2, 0.25) is 0 Å². The summed E-state index contributed by atoms with van der Waals surface area (Å²) < 4.78 is 13.1. The number of imidazole rings is 1. The second-order valence-corrected chi connectivity index (χ2v) is 6.66. The lowest BCUT2D eigenvalue weighted by atomic mass is 9.90. The van der Waals surface area contributed by atoms with Crippen molar-refractivity contribution in [2.24, 2.45) is 5.92 Å². The van der Waals surface area contributed by atoms with E-state index in [4.69, 9.17) is 9.47 Å². The third kappa shape index (κ3) is 3.40. The van der Waals surface area contributed by atoms with Crippen molar-refractivity contribution in [1.29, 1.82) is 0 Å². The highest BCUT2D eigenvalue weighted by atomic mass is 16.5. The predicted octanol–water partition coefficient (Wildman–Crippen LogP) is 4.09. The van der Waals surface area contributed by atoms with Crippen LogP contribution in [-0.2, 0) is 4.74 Å². The Balaban J connectivity index is 1.90. The van der Waals surface area contributed by atoms with Gasteiger partial charge < -0.3 is 9.47 Å². The third-order valence-electron chi connectivity index (χ3n) is 4.67. The maximum Gasteiger partial charge on any atom is 0.357 e. The summed E-state index contributed by atoms with van der Waals surface area (Å²) in [6.07, 6.45) is 8.33. The van der Waals surface area contributed by atoms with E-state index in [1.54, 1.807) is 11.3 Å². The van der Waals surface area contributed by atoms with Crippen molar-refractivity contribution in [2.75, 3.05) is 13.2 Å². The summed E-state index contributed by atoms with van der Waals surface area (Å²) in [6, 6.07) is 2.00. The zero-order valence-corrected chi connectivity index (χ0v) is 14.8. The molecular weight excluding hydrogens is 304 g/mol. The number of carbonyl (C=O) groups is 1. The highest BCUT2D eigenvalue weighted by molar-refractivity contribution is 5.90. The minimum absolute atomic E-state index is 0.341. The molecule has 0 spiro atoms. The molecule has 1 saturated carbocycles. The molecule has 0 atom stereocenters. The number of rotatable bonds is 5. The minimum atomic E-state index is -0.341. The molecule has 3 rings (SSSR count). The van der Waals surface area contributed by atoms with Gasteiger partial charge in [-0.25, -0.2) is 9.78 Å². The van der Waals surface area contributed by atoms with Crippen LogP contribution >= 0.6 is 0 Å². The lowest BCUT2D eigenvalue weighted by molar-refractivity contribution is 0.0517. The van der Waals surface area contributed by atoms with Gasteiger partial charge in [0, 0.05) is 6.20 Å². The Hall–Kier alpha value is -2.04. The molecule has 0 amide bonds. The molecular formula is C19H26N2O3. The van der Waals surface area contributed by atoms with Crippen LogP contribution < -0.4 is 4.74 Å². The van der Waals surface area contributed by atoms with Gasteiger partial charge in [-0.05, 0) is 51.2 Å². The number of pyridine rings is 1. The maximum absolute atomic E-state index is 12.2. The quantitative estimate of drug-likeness (QED) is 0.775. The summed E-state index contributed by atoms with van der Waals surface area (Å²) >= 11 is 0. The van der Waals surface area contributed by atoms with Gasteiger partial charge in [-0.2, -0.15) is 0 Å². The fraction of sp³-hybridized carbons (Fsp3) is 0.579. The van der Waals surface area contributed by atoms with E-state index in [1.165, 1.54) is 32.1 Å². The van der Waals surface area contributed by atoms with E-state index in [0.29, 0.717) is 29.6 Å². The molecule has 130 valence electrons. The standard InChI is InChI=1S/C19H26N2O3/c1-4-23-19(22)17-14(3)20-18-16(10-13(2)11-21(17)18)24-12-15-8-6-5-7-9-15/h10-11,15H,4-9,12H2,1-3H3. The van der Waals surface area contributed by atoms with E-state index in [-0.39, 0.29) is 5.97 Å². The third-order valence-corrected chi connectivity index (χ3v) is 4.67. The van der Waals surface area contributed by atoms with Crippen LogP contribution in [0.1, 0.15) is 60.8 Å². The Kier molecular flexibility index (Phi) is 5.07. The van der Waals surface area contributed by atoms with E-state index in [2.05, 4.69) is 4.98 Å². The molecule has 1 aliphatic carbocycles. The number of carbonyl (C=O) groups excluding carboxylic acids is 1. The average molecular weight is 330 g/mol. The molecule has 5 nitrogen and oxygen atoms in total. The maximum atomic E-state index is 12.2. The van der Waals surface area contributed by atoms with Crippen molar-refractivity contribution in [3.63, 3.8) is 0 Å². The Bertz CT molecular complexity index is 730. The van der Waals surface area contributed by atoms with Crippen molar-refractivity contribution in [3.8, 4) is 5.75 Å². The topological polar surface area (TPSA) is 52.8 Å². The van der Waals surface area contributed by atoms with Crippen LogP contribution in [0.25, 0.3) is 5.65 Å². The molecule has 0 unspecified atom stereocenters. The van der Waals surface area contributed by atoms with Gasteiger partial charge in [0.05, 0.1) is 18.9 Å². The number of hydrogen-bond donors (Lipinski definition) is 0. The average Bonchev–Trinajstić information content (AvgIpc) is 2.89. The van der Waals surface area contributed by atoms with E-state index in [1.807, 2.05) is 26.1 Å². The van der Waals surface area contributed by atoms with Crippen LogP contribution in [0.3, 0.4) is 0 Å². The molecule has 5 heteroatoms. The minimum Gasteiger partial charge on any atom is -0.489 e. The summed E-state index contributed by atoms with van der Waals surface area (Å²) in [5, 5.41) is 0. The molecule has 24 heavy (non-hydrogen) atoms. The fourth-order valence-electron chi connectivity index (χ4n) is 3.47. The first-order valence-corrected chi connectivity index (χ1v) is 8.89. The van der Waals surface area contributed by atoms with Crippen molar-refractivity contribution in [2.45, 2.75) is 52.9 Å². The lowest BCUT2D eigenvalue weighted by Gasteiger charge is -2.21. The molecule has 2 aromatic rings. The Morgan fingerprint density at radius 3 is 2.75 bits per heavy atom. The normalized spacial score (nSPS) is 15.6. The zero-order chi connectivity index (χ0) is 17.1. The second-order valence-electron chi connectivity index (χ2n) is 6.66. The lowest BCUT2D eigenvalue weighted by Crippen LogP contribution is -2.16. The number of esters is 1. The van der Waals surface area contributed by atoms with Crippen LogP contribution in [0.5, 0.6) is 5.75 Å². The van der Waals surface area contributed by atoms with Crippen LogP contribution in [0.2, 0.25) is 0 Å². The van der Waals surface area contributed by atoms with Gasteiger partial charge in [-0.15, -0.1) is 0 Å². The number of aryl methyl sites for hydroxylation is 2. The number of hydrogen-bond acceptors (Lipinski definition) is 4. The first kappa shape index (κ1) is 16.8. The van der Waals surface area contributed by atoms with Crippen LogP contribution in [0.15, 0.2) is 12.3 Å². The molecule has 1 aliphatic rings. The van der Waals surface area contributed by atoms with Crippen LogP contribution in [0, 0.1) is 19.8 Å². The van der Waals surface area contributed by atoms with Gasteiger partial charge in [0.15, 0.2) is 17.1 Å². The highest BCUT2D eigenvalue weighted by Crippen LogP contribution is 2.28. The molecule has 0 N–H and O–H groups in total. The first-order valence-electron chi connectivity index (χ1n) is 8.89. The molecule has 0 bridgehead atoms. The second kappa shape index (κ2) is 7.24. The van der Waals surface area contributed by atoms with Gasteiger partial charge in [0.25, 0.3) is 0 Å². The van der Waals surface area contributed by atoms with E-state index >= 15 is 0 Å². The summed E-state index contributed by atoms with van der Waals surface area (Å²) in [6.45, 7) is 6.71. The van der Waals surface area contributed by atoms with Crippen LogP contribution in [-0.4, -0.2) is 28.6 Å². The molecule has 0 radical (unpaired) electrons. The van der Waals surface area contributed by atoms with Gasteiger partial charge in [0.1, 0.15) is 0 Å². The van der Waals surface area contributed by atoms with Gasteiger partial charge in [-0.3, -0.25) is 4.40 Å². The number of aromatic nitrogens is 2. The summed E-state index contributed by atoms with van der Waals surface area (Å²) in [4.78, 5) is 16.8. The highest BCUT2D eigenvalue weighted by Gasteiger charge is 2.21. The number of nitrogens with zero attached hydrogens (tertiary/aromatic N) is 2. The summed E-state index contributed by atoms with van der Waals surface area (Å²) in [5.41, 5.74) is 2.88. The number of ether oxygens (including phenoxy) is 2. The Morgan fingerprint density at radius 1 is 1.29 bits per heavy atom. The number of fused-ring (bicyclic) bond motifs is 1. The molecule has 0 aromatic carbocycles. The summed E-state index contributed by atoms with van der Waals surface area (Å²) in [7, 11) is 0. The largest absolute Gasteiger partial charge is 0.489 e. The Labute approximate surface area is 143 Å². The van der Waals surface area contributed by atoms with Crippen molar-refractivity contribution in [3.05, 3.63) is 29.2 Å². The molecule has 0 aliphatic heterocycles. The van der Waals surface area contributed by atoms with E-state index in [0.717, 1.165) is 17.9 Å². The molecule has 2 heterocycles. The monoisotopic (exact) mass is 330 g/mol. The predicted molar refractivity (Wildman–Crippen MR) is 92.7 cm³/mol. The smallest absolute Gasteiger partial charge is 0.357 e. The SMILES string of the molecule is CCOC(=O)c1c(C)nc2c(OCC3CCCCC3)cc(C)cn12. The Morgan fingerprint density at radius 2 is 2.04 bits per heavy atom. The van der Waals surface area contributed by atoms with Crippen molar-refractivity contribution >= 4 is 11.6 Å². The van der Waals surface area contributed by atoms with E-state index < -0.39 is 0 Å². The fourth-order valence-corrected chi connectivity index (χ4v) is 3.47. The zero-order valence-electron chi connectivity index (χ0n) is 14.8. The van der Waals surface area contributed by atoms with Gasteiger partial charge >= 0.3 is 5.97 Å². The molecule has 2 aromatic heterocycles. The van der Waals surface area contributed by atoms with Crippen molar-refractivity contribution in [1.82, 2.24) is 9.38 Å². The molecule has 1 fully saturated rings. The van der Waals surface area contributed by atoms with E-state index in [9.17, 15) is 4.79 Å². The van der Waals surface area contributed by atoms with Crippen LogP contribution in [0.4, 0.5) is 0 Å². The van der Waals surface area contributed by atoms with Crippen molar-refractivity contribution < 1.29 is 14.3 Å². The molecule has 0 saturated heterocycles. The first-order chi connectivity index (χ1) is 11.6. The summed E-state index contributed by atoms with van der Waals surface area (Å²) in [5.74, 6) is 1.03. The van der Waals surface area contributed by atoms with Gasteiger partial charge in [-0.1, -0.05) is 19.3 Å².